The molecule has 0 saturated heterocycles. The van der Waals surface area contributed by atoms with E-state index in [2.05, 4.69) is 14.7 Å². The Hall–Kier alpha value is -2.50. The molecule has 0 saturated carbocycles. The number of hydrogen-bond acceptors (Lipinski definition) is 6. The fraction of sp³-hybridized carbons (Fsp3) is 0. The minimum atomic E-state index is -1.12. The minimum absolute atomic E-state index is 0.0384. The van der Waals surface area contributed by atoms with Crippen LogP contribution in [-0.4, -0.2) is 21.9 Å². The molecule has 0 amide bonds. The number of ether oxygens (including phenoxy) is 2. The molecule has 0 radical (unpaired) electrons. The van der Waals surface area contributed by atoms with E-state index < -0.39 is 11.9 Å². The Labute approximate surface area is 88.8 Å². The summed E-state index contributed by atoms with van der Waals surface area (Å²) in [4.78, 5) is 30.0. The van der Waals surface area contributed by atoms with Crippen molar-refractivity contribution in [3.8, 4) is 11.9 Å². The number of benzene rings is 1. The van der Waals surface area contributed by atoms with Crippen molar-refractivity contribution in [1.82, 2.24) is 9.97 Å². The zero-order chi connectivity index (χ0) is 11.1. The van der Waals surface area contributed by atoms with E-state index in [0.29, 0.717) is 10.9 Å². The largest absolute Gasteiger partial charge is 0.425 e. The monoisotopic (exact) mass is 216 g/mol. The lowest BCUT2D eigenvalue weighted by molar-refractivity contribution is -0.155. The first-order valence-corrected chi connectivity index (χ1v) is 4.45. The van der Waals surface area contributed by atoms with Crippen LogP contribution in [0.3, 0.4) is 0 Å². The third-order valence-corrected chi connectivity index (χ3v) is 2.09. The maximum Gasteiger partial charge on any atom is 0.425 e. The molecule has 6 heteroatoms. The predicted molar refractivity (Wildman–Crippen MR) is 50.8 cm³/mol. The number of para-hydroxylation sites is 1. The molecule has 0 fully saturated rings. The predicted octanol–water partition coefficient (Wildman–Crippen LogP) is 0.454. The van der Waals surface area contributed by atoms with Gasteiger partial charge in [-0.25, -0.2) is 9.59 Å². The second-order valence-electron chi connectivity index (χ2n) is 3.11. The molecule has 1 aliphatic rings. The van der Waals surface area contributed by atoms with Crippen molar-refractivity contribution in [2.45, 2.75) is 0 Å². The van der Waals surface area contributed by atoms with Crippen LogP contribution in [0, 0.1) is 0 Å². The molecular weight excluding hydrogens is 212 g/mol. The Balaban J connectivity index is 2.32. The van der Waals surface area contributed by atoms with E-state index in [1.54, 1.807) is 24.3 Å². The van der Waals surface area contributed by atoms with Crippen molar-refractivity contribution in [3.63, 3.8) is 0 Å². The van der Waals surface area contributed by atoms with Crippen molar-refractivity contribution in [1.29, 1.82) is 0 Å². The SMILES string of the molecule is O=C1Oc2nc(c3ccccc3n2)OC1=O. The number of rotatable bonds is 0. The smallest absolute Gasteiger partial charge is 0.398 e. The van der Waals surface area contributed by atoms with Crippen LogP contribution in [0.5, 0.6) is 11.9 Å². The first-order chi connectivity index (χ1) is 7.74. The van der Waals surface area contributed by atoms with Gasteiger partial charge in [-0.3, -0.25) is 0 Å². The van der Waals surface area contributed by atoms with Crippen LogP contribution in [-0.2, 0) is 9.59 Å². The Kier molecular flexibility index (Phi) is 1.64. The molecule has 1 aliphatic heterocycles. The third kappa shape index (κ3) is 1.20. The minimum Gasteiger partial charge on any atom is -0.398 e. The van der Waals surface area contributed by atoms with Gasteiger partial charge in [-0.1, -0.05) is 12.1 Å². The number of hydrogen-bond donors (Lipinski definition) is 0. The molecule has 0 aliphatic carbocycles. The quantitative estimate of drug-likeness (QED) is 0.470. The van der Waals surface area contributed by atoms with Gasteiger partial charge in [0.05, 0.1) is 10.9 Å². The molecule has 0 N–H and O–H groups in total. The van der Waals surface area contributed by atoms with Crippen LogP contribution in [0.4, 0.5) is 0 Å². The van der Waals surface area contributed by atoms with Gasteiger partial charge in [0, 0.05) is 0 Å². The first-order valence-electron chi connectivity index (χ1n) is 4.45. The summed E-state index contributed by atoms with van der Waals surface area (Å²) in [6, 6.07) is 6.74. The topological polar surface area (TPSA) is 78.4 Å². The van der Waals surface area contributed by atoms with Gasteiger partial charge < -0.3 is 9.47 Å². The Morgan fingerprint density at radius 1 is 0.938 bits per heavy atom. The number of esters is 2. The molecule has 3 rings (SSSR count). The van der Waals surface area contributed by atoms with E-state index in [0.717, 1.165) is 0 Å². The van der Waals surface area contributed by atoms with E-state index in [1.807, 2.05) is 0 Å². The molecule has 1 aromatic carbocycles. The molecule has 0 atom stereocenters. The number of fused-ring (bicyclic) bond motifs is 4. The molecule has 2 bridgehead atoms. The number of aromatic nitrogens is 2. The molecule has 0 spiro atoms. The molecule has 2 heterocycles. The lowest BCUT2D eigenvalue weighted by Crippen LogP contribution is -2.23. The summed E-state index contributed by atoms with van der Waals surface area (Å²) in [6.45, 7) is 0. The van der Waals surface area contributed by atoms with Gasteiger partial charge in [-0.15, -0.1) is 0 Å². The maximum atomic E-state index is 11.1. The van der Waals surface area contributed by atoms with Gasteiger partial charge in [0.15, 0.2) is 0 Å². The first kappa shape index (κ1) is 8.78. The van der Waals surface area contributed by atoms with E-state index in [-0.39, 0.29) is 11.9 Å². The number of carbonyl (C=O) groups excluding carboxylic acids is 2. The van der Waals surface area contributed by atoms with E-state index in [9.17, 15) is 9.59 Å². The van der Waals surface area contributed by atoms with Crippen molar-refractivity contribution in [3.05, 3.63) is 24.3 Å². The van der Waals surface area contributed by atoms with Gasteiger partial charge in [0.25, 0.3) is 0 Å². The zero-order valence-electron chi connectivity index (χ0n) is 7.84. The zero-order valence-corrected chi connectivity index (χ0v) is 7.84. The van der Waals surface area contributed by atoms with E-state index >= 15 is 0 Å². The van der Waals surface area contributed by atoms with Crippen molar-refractivity contribution in [2.75, 3.05) is 0 Å². The van der Waals surface area contributed by atoms with E-state index in [4.69, 9.17) is 4.74 Å². The fourth-order valence-corrected chi connectivity index (χ4v) is 1.40. The van der Waals surface area contributed by atoms with Crippen molar-refractivity contribution < 1.29 is 19.1 Å². The molecule has 6 nitrogen and oxygen atoms in total. The summed E-state index contributed by atoms with van der Waals surface area (Å²) in [6.07, 6.45) is 0. The lowest BCUT2D eigenvalue weighted by atomic mass is 10.2. The summed E-state index contributed by atoms with van der Waals surface area (Å²) in [5.74, 6) is -2.18. The van der Waals surface area contributed by atoms with Gasteiger partial charge in [-0.2, -0.15) is 9.97 Å². The highest BCUT2D eigenvalue weighted by atomic mass is 16.6. The summed E-state index contributed by atoms with van der Waals surface area (Å²) in [7, 11) is 0. The molecule has 78 valence electrons. The molecule has 0 unspecified atom stereocenters. The summed E-state index contributed by atoms with van der Waals surface area (Å²) in [5.41, 5.74) is 0.546. The Bertz CT molecular complexity index is 623. The number of carbonyl (C=O) groups is 2. The second kappa shape index (κ2) is 2.99. The molecule has 2 aromatic rings. The van der Waals surface area contributed by atoms with Crippen molar-refractivity contribution in [2.24, 2.45) is 0 Å². The normalized spacial score (nSPS) is 14.2. The average Bonchev–Trinajstić information content (AvgIpc) is 2.38. The van der Waals surface area contributed by atoms with Crippen LogP contribution in [0.15, 0.2) is 24.3 Å². The molecule has 16 heavy (non-hydrogen) atoms. The second-order valence-corrected chi connectivity index (χ2v) is 3.11. The van der Waals surface area contributed by atoms with Crippen LogP contribution in [0.25, 0.3) is 10.9 Å². The summed E-state index contributed by atoms with van der Waals surface area (Å²) >= 11 is 0. The highest BCUT2D eigenvalue weighted by Crippen LogP contribution is 2.26. The fourth-order valence-electron chi connectivity index (χ4n) is 1.40. The Morgan fingerprint density at radius 3 is 2.56 bits per heavy atom. The highest BCUT2D eigenvalue weighted by Gasteiger charge is 2.27. The van der Waals surface area contributed by atoms with Crippen LogP contribution in [0.1, 0.15) is 0 Å². The molecular formula is C10H4N2O4. The van der Waals surface area contributed by atoms with Gasteiger partial charge in [0.2, 0.25) is 5.88 Å². The van der Waals surface area contributed by atoms with E-state index in [1.165, 1.54) is 0 Å². The standard InChI is InChI=1S/C10H4N2O4/c13-8-9(14)16-10-11-6-4-2-1-3-5(6)7(12-10)15-8/h1-4H. The summed E-state index contributed by atoms with van der Waals surface area (Å²) < 4.78 is 9.38. The van der Waals surface area contributed by atoms with Gasteiger partial charge in [0.1, 0.15) is 0 Å². The van der Waals surface area contributed by atoms with Crippen LogP contribution in [0.2, 0.25) is 0 Å². The highest BCUT2D eigenvalue weighted by molar-refractivity contribution is 6.31. The van der Waals surface area contributed by atoms with Crippen molar-refractivity contribution >= 4 is 22.8 Å². The maximum absolute atomic E-state index is 11.1. The summed E-state index contributed by atoms with van der Waals surface area (Å²) in [5, 5.41) is 0.554. The number of nitrogens with zero attached hydrogens (tertiary/aromatic N) is 2. The van der Waals surface area contributed by atoms with Gasteiger partial charge >= 0.3 is 17.9 Å². The van der Waals surface area contributed by atoms with Crippen LogP contribution >= 0.6 is 0 Å². The van der Waals surface area contributed by atoms with Crippen LogP contribution < -0.4 is 9.47 Å². The lowest BCUT2D eigenvalue weighted by Gasteiger charge is -2.00. The third-order valence-electron chi connectivity index (χ3n) is 2.09. The average molecular weight is 216 g/mol. The molecule has 1 aromatic heterocycles. The van der Waals surface area contributed by atoms with Gasteiger partial charge in [-0.05, 0) is 12.1 Å². The Morgan fingerprint density at radius 2 is 1.69 bits per heavy atom.